The highest BCUT2D eigenvalue weighted by molar-refractivity contribution is 6.04. The average molecular weight is 593 g/mol. The molecule has 2 atom stereocenters. The van der Waals surface area contributed by atoms with Gasteiger partial charge < -0.3 is 25.4 Å². The van der Waals surface area contributed by atoms with Crippen LogP contribution in [-0.4, -0.2) is 48.2 Å². The molecule has 13 heteroatoms. The number of carbonyl (C=O) groups excluding carboxylic acids is 4. The fourth-order valence-corrected chi connectivity index (χ4v) is 4.34. The third-order valence-corrected chi connectivity index (χ3v) is 6.26. The van der Waals surface area contributed by atoms with Gasteiger partial charge in [-0.05, 0) is 57.4 Å². The lowest BCUT2D eigenvalue weighted by molar-refractivity contribution is -0.137. The third kappa shape index (κ3) is 10.3. The Morgan fingerprint density at radius 1 is 0.881 bits per heavy atom. The number of rotatable bonds is 8. The molecular formula is C29H35F3N4O6. The molecule has 228 valence electrons. The van der Waals surface area contributed by atoms with Crippen molar-refractivity contribution in [3.63, 3.8) is 0 Å². The number of alkyl carbamates (subject to hydrolysis) is 1. The molecule has 10 nitrogen and oxygen atoms in total. The highest BCUT2D eigenvalue weighted by Gasteiger charge is 2.33. The first-order valence-corrected chi connectivity index (χ1v) is 13.5. The van der Waals surface area contributed by atoms with Crippen molar-refractivity contribution >= 4 is 29.7 Å². The molecule has 0 spiro atoms. The summed E-state index contributed by atoms with van der Waals surface area (Å²) in [6, 6.07) is 10.5. The maximum absolute atomic E-state index is 13.3. The zero-order valence-electron chi connectivity index (χ0n) is 23.6. The standard InChI is InChI=1S/C29H35F3N4O6/c1-28(2,3)42-27(40)35-21-14-13-19(29(30,31)32)15-20(21)25(38)33-16-24(37)34-22-11-7-8-12-23(22)36-26(39)41-17-18-9-5-4-6-10-18/h4-6,9-10,13-15,22-23H,7-8,11-12,16-17H2,1-3H3,(H,33,38)(H,34,37)(H,35,40)(H,36,39)/t22-,23+/m0/s1. The molecule has 1 aliphatic rings. The van der Waals surface area contributed by atoms with Crippen LogP contribution >= 0.6 is 0 Å². The number of ether oxygens (including phenoxy) is 2. The van der Waals surface area contributed by atoms with Crippen molar-refractivity contribution in [1.82, 2.24) is 16.0 Å². The van der Waals surface area contributed by atoms with E-state index >= 15 is 0 Å². The van der Waals surface area contributed by atoms with Crippen LogP contribution in [0.2, 0.25) is 0 Å². The summed E-state index contributed by atoms with van der Waals surface area (Å²) < 4.78 is 50.4. The van der Waals surface area contributed by atoms with Gasteiger partial charge in [-0.3, -0.25) is 14.9 Å². The summed E-state index contributed by atoms with van der Waals surface area (Å²) >= 11 is 0. The number of hydrogen-bond acceptors (Lipinski definition) is 6. The third-order valence-electron chi connectivity index (χ3n) is 6.26. The van der Waals surface area contributed by atoms with E-state index in [4.69, 9.17) is 9.47 Å². The Bertz CT molecular complexity index is 1260. The van der Waals surface area contributed by atoms with E-state index in [9.17, 15) is 32.3 Å². The minimum Gasteiger partial charge on any atom is -0.445 e. The lowest BCUT2D eigenvalue weighted by Crippen LogP contribution is -2.54. The highest BCUT2D eigenvalue weighted by Crippen LogP contribution is 2.32. The Kier molecular flexibility index (Phi) is 10.8. The van der Waals surface area contributed by atoms with Crippen LogP contribution in [0, 0.1) is 0 Å². The Morgan fingerprint density at radius 2 is 1.52 bits per heavy atom. The van der Waals surface area contributed by atoms with E-state index in [2.05, 4.69) is 21.3 Å². The number of benzene rings is 2. The van der Waals surface area contributed by atoms with E-state index in [1.165, 1.54) is 0 Å². The summed E-state index contributed by atoms with van der Waals surface area (Å²) in [5.74, 6) is -1.61. The van der Waals surface area contributed by atoms with Crippen LogP contribution in [0.1, 0.15) is 67.9 Å². The lowest BCUT2D eigenvalue weighted by atomic mass is 9.90. The molecule has 2 aromatic carbocycles. The summed E-state index contributed by atoms with van der Waals surface area (Å²) in [6.45, 7) is 4.34. The van der Waals surface area contributed by atoms with E-state index in [1.54, 1.807) is 20.8 Å². The fraction of sp³-hybridized carbons (Fsp3) is 0.448. The van der Waals surface area contributed by atoms with Gasteiger partial charge in [0.05, 0.1) is 29.4 Å². The van der Waals surface area contributed by atoms with Crippen molar-refractivity contribution in [3.8, 4) is 0 Å². The van der Waals surface area contributed by atoms with E-state index in [1.807, 2.05) is 30.3 Å². The molecule has 2 aromatic rings. The molecule has 0 aliphatic heterocycles. The quantitative estimate of drug-likeness (QED) is 0.336. The van der Waals surface area contributed by atoms with Gasteiger partial charge in [-0.15, -0.1) is 0 Å². The summed E-state index contributed by atoms with van der Waals surface area (Å²) in [6.07, 6.45) is -3.54. The minimum absolute atomic E-state index is 0.0861. The first-order chi connectivity index (χ1) is 19.7. The van der Waals surface area contributed by atoms with Crippen molar-refractivity contribution in [2.24, 2.45) is 0 Å². The second kappa shape index (κ2) is 14.1. The van der Waals surface area contributed by atoms with Crippen LogP contribution in [0.3, 0.4) is 0 Å². The molecule has 3 rings (SSSR count). The van der Waals surface area contributed by atoms with Gasteiger partial charge in [-0.2, -0.15) is 13.2 Å². The average Bonchev–Trinajstić information content (AvgIpc) is 2.91. The van der Waals surface area contributed by atoms with E-state index in [0.717, 1.165) is 30.5 Å². The van der Waals surface area contributed by atoms with Gasteiger partial charge in [-0.1, -0.05) is 43.2 Å². The van der Waals surface area contributed by atoms with Crippen LogP contribution in [0.4, 0.5) is 28.4 Å². The van der Waals surface area contributed by atoms with Gasteiger partial charge in [0.1, 0.15) is 12.2 Å². The summed E-state index contributed by atoms with van der Waals surface area (Å²) in [5, 5.41) is 10.1. The summed E-state index contributed by atoms with van der Waals surface area (Å²) in [7, 11) is 0. The van der Waals surface area contributed by atoms with Gasteiger partial charge in [-0.25, -0.2) is 9.59 Å². The minimum atomic E-state index is -4.75. The second-order valence-electron chi connectivity index (χ2n) is 10.8. The van der Waals surface area contributed by atoms with Crippen molar-refractivity contribution in [2.45, 2.75) is 76.9 Å². The first-order valence-electron chi connectivity index (χ1n) is 13.5. The smallest absolute Gasteiger partial charge is 0.416 e. The molecule has 1 aliphatic carbocycles. The Balaban J connectivity index is 1.60. The van der Waals surface area contributed by atoms with Gasteiger partial charge >= 0.3 is 18.4 Å². The van der Waals surface area contributed by atoms with Crippen LogP contribution in [0.25, 0.3) is 0 Å². The van der Waals surface area contributed by atoms with Crippen molar-refractivity contribution in [2.75, 3.05) is 11.9 Å². The molecule has 0 heterocycles. The largest absolute Gasteiger partial charge is 0.445 e. The van der Waals surface area contributed by atoms with Crippen molar-refractivity contribution in [1.29, 1.82) is 0 Å². The van der Waals surface area contributed by atoms with Crippen LogP contribution < -0.4 is 21.3 Å². The predicted molar refractivity (Wildman–Crippen MR) is 148 cm³/mol. The topological polar surface area (TPSA) is 135 Å². The van der Waals surface area contributed by atoms with E-state index in [0.29, 0.717) is 18.9 Å². The predicted octanol–water partition coefficient (Wildman–Crippen LogP) is 5.14. The van der Waals surface area contributed by atoms with E-state index < -0.39 is 65.5 Å². The maximum Gasteiger partial charge on any atom is 0.416 e. The highest BCUT2D eigenvalue weighted by atomic mass is 19.4. The monoisotopic (exact) mass is 592 g/mol. The molecule has 1 fully saturated rings. The normalized spacial score (nSPS) is 17.0. The van der Waals surface area contributed by atoms with Crippen molar-refractivity contribution < 1.29 is 41.8 Å². The number of anilines is 1. The summed E-state index contributed by atoms with van der Waals surface area (Å²) in [5.41, 5.74) is -1.90. The molecule has 0 bridgehead atoms. The molecule has 4 N–H and O–H groups in total. The maximum atomic E-state index is 13.3. The lowest BCUT2D eigenvalue weighted by Gasteiger charge is -2.32. The number of hydrogen-bond donors (Lipinski definition) is 4. The molecule has 4 amide bonds. The molecule has 42 heavy (non-hydrogen) atoms. The number of nitrogens with one attached hydrogen (secondary N) is 4. The van der Waals surface area contributed by atoms with E-state index in [-0.39, 0.29) is 12.3 Å². The SMILES string of the molecule is CC(C)(C)OC(=O)Nc1ccc(C(F)(F)F)cc1C(=O)NCC(=O)N[C@H]1CCCC[C@H]1NC(=O)OCc1ccccc1. The fourth-order valence-electron chi connectivity index (χ4n) is 4.34. The van der Waals surface area contributed by atoms with Gasteiger partial charge in [0.15, 0.2) is 0 Å². The number of alkyl halides is 3. The molecule has 0 unspecified atom stereocenters. The second-order valence-corrected chi connectivity index (χ2v) is 10.8. The van der Waals surface area contributed by atoms with Crippen LogP contribution in [-0.2, 0) is 27.1 Å². The zero-order chi connectivity index (χ0) is 30.9. The van der Waals surface area contributed by atoms with Crippen LogP contribution in [0.15, 0.2) is 48.5 Å². The van der Waals surface area contributed by atoms with Crippen molar-refractivity contribution in [3.05, 3.63) is 65.2 Å². The Hall–Kier alpha value is -4.29. The molecule has 0 radical (unpaired) electrons. The van der Waals surface area contributed by atoms with Crippen LogP contribution in [0.5, 0.6) is 0 Å². The molecule has 1 saturated carbocycles. The zero-order valence-corrected chi connectivity index (χ0v) is 23.6. The molecule has 0 saturated heterocycles. The number of carbonyl (C=O) groups is 4. The molecular weight excluding hydrogens is 557 g/mol. The van der Waals surface area contributed by atoms with Gasteiger partial charge in [0.2, 0.25) is 5.91 Å². The summed E-state index contributed by atoms with van der Waals surface area (Å²) in [4.78, 5) is 50.1. The number of amides is 4. The van der Waals surface area contributed by atoms with Gasteiger partial charge in [0, 0.05) is 6.04 Å². The Labute approximate surface area is 241 Å². The first kappa shape index (κ1) is 32.2. The molecule has 0 aromatic heterocycles. The van der Waals surface area contributed by atoms with Gasteiger partial charge in [0.25, 0.3) is 5.91 Å². The number of halogens is 3. The Morgan fingerprint density at radius 3 is 2.14 bits per heavy atom.